The standard InChI is InChI=1S/C13H24O2/c1-6-12(4,5)15-13(8-7-9-13)11(14)10(2)3/h10H,6-9H2,1-5H3. The Balaban J connectivity index is 2.74. The lowest BCUT2D eigenvalue weighted by molar-refractivity contribution is -0.192. The van der Waals surface area contributed by atoms with Crippen LogP contribution in [0.15, 0.2) is 0 Å². The molecule has 0 spiro atoms. The Labute approximate surface area is 93.4 Å². The molecule has 1 rings (SSSR count). The molecular weight excluding hydrogens is 188 g/mol. The first kappa shape index (κ1) is 12.7. The van der Waals surface area contributed by atoms with Crippen molar-refractivity contribution in [1.29, 1.82) is 0 Å². The smallest absolute Gasteiger partial charge is 0.167 e. The van der Waals surface area contributed by atoms with Gasteiger partial charge in [0.15, 0.2) is 5.78 Å². The van der Waals surface area contributed by atoms with Gasteiger partial charge in [-0.15, -0.1) is 0 Å². The van der Waals surface area contributed by atoms with Crippen LogP contribution in [0.25, 0.3) is 0 Å². The zero-order valence-electron chi connectivity index (χ0n) is 10.7. The van der Waals surface area contributed by atoms with E-state index in [9.17, 15) is 4.79 Å². The monoisotopic (exact) mass is 212 g/mol. The Morgan fingerprint density at radius 2 is 1.93 bits per heavy atom. The fourth-order valence-corrected chi connectivity index (χ4v) is 2.02. The van der Waals surface area contributed by atoms with Crippen LogP contribution in [-0.4, -0.2) is 17.0 Å². The molecule has 0 atom stereocenters. The summed E-state index contributed by atoms with van der Waals surface area (Å²) in [6.45, 7) is 10.2. The van der Waals surface area contributed by atoms with Gasteiger partial charge in [-0.2, -0.15) is 0 Å². The van der Waals surface area contributed by atoms with Crippen molar-refractivity contribution in [3.05, 3.63) is 0 Å². The molecule has 0 radical (unpaired) electrons. The minimum Gasteiger partial charge on any atom is -0.361 e. The number of ketones is 1. The fourth-order valence-electron chi connectivity index (χ4n) is 2.02. The van der Waals surface area contributed by atoms with Gasteiger partial charge in [-0.3, -0.25) is 4.79 Å². The summed E-state index contributed by atoms with van der Waals surface area (Å²) in [7, 11) is 0. The number of Topliss-reactive ketones (excluding diaryl/α,β-unsaturated/α-hetero) is 1. The highest BCUT2D eigenvalue weighted by Gasteiger charge is 2.48. The molecule has 1 aliphatic carbocycles. The zero-order valence-corrected chi connectivity index (χ0v) is 10.7. The maximum absolute atomic E-state index is 12.1. The van der Waals surface area contributed by atoms with Crippen molar-refractivity contribution in [3.8, 4) is 0 Å². The van der Waals surface area contributed by atoms with Gasteiger partial charge in [0.2, 0.25) is 0 Å². The van der Waals surface area contributed by atoms with E-state index in [1.165, 1.54) is 0 Å². The van der Waals surface area contributed by atoms with Crippen LogP contribution in [0.1, 0.15) is 60.3 Å². The second-order valence-electron chi connectivity index (χ2n) is 5.58. The van der Waals surface area contributed by atoms with Gasteiger partial charge >= 0.3 is 0 Å². The molecule has 1 aliphatic rings. The van der Waals surface area contributed by atoms with Crippen LogP contribution in [0.4, 0.5) is 0 Å². The Bertz CT molecular complexity index is 237. The fraction of sp³-hybridized carbons (Fsp3) is 0.923. The van der Waals surface area contributed by atoms with Gasteiger partial charge in [-0.05, 0) is 39.5 Å². The van der Waals surface area contributed by atoms with Gasteiger partial charge in [-0.25, -0.2) is 0 Å². The number of ether oxygens (including phenoxy) is 1. The van der Waals surface area contributed by atoms with E-state index in [0.717, 1.165) is 25.7 Å². The molecule has 1 fully saturated rings. The first-order valence-electron chi connectivity index (χ1n) is 6.07. The maximum Gasteiger partial charge on any atom is 0.167 e. The van der Waals surface area contributed by atoms with Crippen molar-refractivity contribution in [2.45, 2.75) is 71.5 Å². The lowest BCUT2D eigenvalue weighted by atomic mass is 9.73. The van der Waals surface area contributed by atoms with E-state index >= 15 is 0 Å². The lowest BCUT2D eigenvalue weighted by Crippen LogP contribution is -2.53. The minimum absolute atomic E-state index is 0.0814. The predicted molar refractivity (Wildman–Crippen MR) is 61.9 cm³/mol. The molecule has 1 saturated carbocycles. The Hall–Kier alpha value is -0.370. The molecule has 0 heterocycles. The first-order chi connectivity index (χ1) is 6.83. The van der Waals surface area contributed by atoms with Gasteiger partial charge in [0, 0.05) is 5.92 Å². The Morgan fingerprint density at radius 1 is 1.40 bits per heavy atom. The molecule has 0 aromatic rings. The van der Waals surface area contributed by atoms with Crippen molar-refractivity contribution < 1.29 is 9.53 Å². The Morgan fingerprint density at radius 3 is 2.20 bits per heavy atom. The summed E-state index contributed by atoms with van der Waals surface area (Å²) < 4.78 is 6.08. The molecule has 0 aliphatic heterocycles. The van der Waals surface area contributed by atoms with Crippen LogP contribution in [0.3, 0.4) is 0 Å². The molecule has 88 valence electrons. The normalized spacial score (nSPS) is 20.1. The molecule has 2 nitrogen and oxygen atoms in total. The van der Waals surface area contributed by atoms with Crippen LogP contribution in [0.2, 0.25) is 0 Å². The summed E-state index contributed by atoms with van der Waals surface area (Å²) in [4.78, 5) is 12.1. The summed E-state index contributed by atoms with van der Waals surface area (Å²) in [5.41, 5.74) is -0.626. The average molecular weight is 212 g/mol. The van der Waals surface area contributed by atoms with Crippen LogP contribution in [-0.2, 0) is 9.53 Å². The molecule has 0 amide bonds. The Kier molecular flexibility index (Phi) is 3.59. The van der Waals surface area contributed by atoms with Crippen molar-refractivity contribution >= 4 is 5.78 Å². The number of hydrogen-bond donors (Lipinski definition) is 0. The van der Waals surface area contributed by atoms with Gasteiger partial charge in [0.1, 0.15) is 5.60 Å². The second-order valence-corrected chi connectivity index (χ2v) is 5.58. The highest BCUT2D eigenvalue weighted by Crippen LogP contribution is 2.41. The van der Waals surface area contributed by atoms with Gasteiger partial charge in [-0.1, -0.05) is 20.8 Å². The number of carbonyl (C=O) groups is 1. The van der Waals surface area contributed by atoms with Crippen LogP contribution >= 0.6 is 0 Å². The summed E-state index contributed by atoms with van der Waals surface area (Å²) >= 11 is 0. The third-order valence-corrected chi connectivity index (χ3v) is 3.46. The van der Waals surface area contributed by atoms with Gasteiger partial charge < -0.3 is 4.74 Å². The van der Waals surface area contributed by atoms with E-state index in [1.807, 2.05) is 13.8 Å². The highest BCUT2D eigenvalue weighted by molar-refractivity contribution is 5.89. The number of rotatable bonds is 5. The second kappa shape index (κ2) is 4.25. The summed E-state index contributed by atoms with van der Waals surface area (Å²) in [6.07, 6.45) is 3.89. The predicted octanol–water partition coefficient (Wildman–Crippen LogP) is 3.34. The van der Waals surface area contributed by atoms with Crippen molar-refractivity contribution in [1.82, 2.24) is 0 Å². The molecule has 0 aromatic heterocycles. The topological polar surface area (TPSA) is 26.3 Å². The van der Waals surface area contributed by atoms with Crippen molar-refractivity contribution in [2.24, 2.45) is 5.92 Å². The van der Waals surface area contributed by atoms with Crippen LogP contribution in [0.5, 0.6) is 0 Å². The first-order valence-corrected chi connectivity index (χ1v) is 6.07. The summed E-state index contributed by atoms with van der Waals surface area (Å²) in [5, 5.41) is 0. The van der Waals surface area contributed by atoms with Crippen molar-refractivity contribution in [3.63, 3.8) is 0 Å². The number of hydrogen-bond acceptors (Lipinski definition) is 2. The maximum atomic E-state index is 12.1. The third kappa shape index (κ3) is 2.60. The molecule has 2 heteroatoms. The van der Waals surface area contributed by atoms with E-state index < -0.39 is 5.60 Å². The molecular formula is C13H24O2. The minimum atomic E-state index is -0.451. The van der Waals surface area contributed by atoms with Gasteiger partial charge in [0.05, 0.1) is 5.60 Å². The molecule has 0 N–H and O–H groups in total. The quantitative estimate of drug-likeness (QED) is 0.698. The lowest BCUT2D eigenvalue weighted by Gasteiger charge is -2.46. The van der Waals surface area contributed by atoms with Gasteiger partial charge in [0.25, 0.3) is 0 Å². The SMILES string of the molecule is CCC(C)(C)OC1(C(=O)C(C)C)CCC1. The largest absolute Gasteiger partial charge is 0.361 e. The molecule has 0 aromatic carbocycles. The van der Waals surface area contributed by atoms with E-state index in [0.29, 0.717) is 0 Å². The van der Waals surface area contributed by atoms with E-state index in [4.69, 9.17) is 4.74 Å². The third-order valence-electron chi connectivity index (χ3n) is 3.46. The summed E-state index contributed by atoms with van der Waals surface area (Å²) in [5.74, 6) is 0.369. The number of carbonyl (C=O) groups excluding carboxylic acids is 1. The van der Waals surface area contributed by atoms with Crippen molar-refractivity contribution in [2.75, 3.05) is 0 Å². The molecule has 0 saturated heterocycles. The zero-order chi connectivity index (χ0) is 11.7. The molecule has 0 unspecified atom stereocenters. The van der Waals surface area contributed by atoms with Crippen LogP contribution < -0.4 is 0 Å². The highest BCUT2D eigenvalue weighted by atomic mass is 16.5. The van der Waals surface area contributed by atoms with E-state index in [-0.39, 0.29) is 17.3 Å². The molecule has 0 bridgehead atoms. The van der Waals surface area contributed by atoms with E-state index in [2.05, 4.69) is 20.8 Å². The van der Waals surface area contributed by atoms with Crippen LogP contribution in [0, 0.1) is 5.92 Å². The summed E-state index contributed by atoms with van der Waals surface area (Å²) in [6, 6.07) is 0. The molecule has 15 heavy (non-hydrogen) atoms. The average Bonchev–Trinajstić information content (AvgIpc) is 2.10. The van der Waals surface area contributed by atoms with E-state index in [1.54, 1.807) is 0 Å².